The Kier molecular flexibility index (Phi) is 3.72. The predicted octanol–water partition coefficient (Wildman–Crippen LogP) is 2.66. The van der Waals surface area contributed by atoms with Gasteiger partial charge in [0.05, 0.1) is 0 Å². The van der Waals surface area contributed by atoms with Crippen molar-refractivity contribution in [1.82, 2.24) is 10.2 Å². The smallest absolute Gasteiger partial charge is 0.226 e. The summed E-state index contributed by atoms with van der Waals surface area (Å²) in [6.45, 7) is 2.05. The number of rotatable bonds is 3. The fourth-order valence-corrected chi connectivity index (χ4v) is 6.08. The standard InChI is InChI=1S/C18H30N2O/c1-20(11-16-4-2-3-5-19-16)18(21)17-14-7-12-6-13(9-14)10-15(17)8-12/h12-17,19H,2-11H2,1H3. The molecule has 0 spiro atoms. The molecule has 0 aromatic rings. The fourth-order valence-electron chi connectivity index (χ4n) is 6.08. The minimum Gasteiger partial charge on any atom is -0.344 e. The van der Waals surface area contributed by atoms with Gasteiger partial charge in [-0.3, -0.25) is 4.79 Å². The molecule has 5 rings (SSSR count). The molecule has 0 aromatic heterocycles. The Morgan fingerprint density at radius 2 is 1.71 bits per heavy atom. The van der Waals surface area contributed by atoms with E-state index in [9.17, 15) is 4.79 Å². The third kappa shape index (κ3) is 2.62. The SMILES string of the molecule is CN(CC1CCCCN1)C(=O)C1C2CC3CC(C2)CC1C3. The average Bonchev–Trinajstić information content (AvgIpc) is 2.47. The summed E-state index contributed by atoms with van der Waals surface area (Å²) in [6.07, 6.45) is 10.7. The molecular formula is C18H30N2O. The molecule has 5 aliphatic rings. The Hall–Kier alpha value is -0.570. The zero-order valence-electron chi connectivity index (χ0n) is 13.4. The second-order valence-electron chi connectivity index (χ2n) is 8.32. The Morgan fingerprint density at radius 1 is 1.05 bits per heavy atom. The van der Waals surface area contributed by atoms with E-state index >= 15 is 0 Å². The van der Waals surface area contributed by atoms with E-state index in [0.29, 0.717) is 17.9 Å². The number of amides is 1. The molecule has 118 valence electrons. The average molecular weight is 290 g/mol. The molecule has 0 aromatic carbocycles. The van der Waals surface area contributed by atoms with Gasteiger partial charge in [-0.1, -0.05) is 6.42 Å². The normalized spacial score (nSPS) is 44.8. The van der Waals surface area contributed by atoms with Crippen LogP contribution < -0.4 is 5.32 Å². The summed E-state index contributed by atoms with van der Waals surface area (Å²) in [5.41, 5.74) is 0. The van der Waals surface area contributed by atoms with Crippen LogP contribution in [0, 0.1) is 29.6 Å². The summed E-state index contributed by atoms with van der Waals surface area (Å²) in [6, 6.07) is 0.532. The van der Waals surface area contributed by atoms with E-state index in [-0.39, 0.29) is 0 Å². The van der Waals surface area contributed by atoms with Crippen molar-refractivity contribution in [3.63, 3.8) is 0 Å². The molecular weight excluding hydrogens is 260 g/mol. The quantitative estimate of drug-likeness (QED) is 0.866. The molecule has 3 heteroatoms. The highest BCUT2D eigenvalue weighted by molar-refractivity contribution is 5.79. The maximum atomic E-state index is 13.0. The van der Waals surface area contributed by atoms with Crippen LogP contribution in [0.25, 0.3) is 0 Å². The van der Waals surface area contributed by atoms with E-state index in [0.717, 1.165) is 36.8 Å². The molecule has 21 heavy (non-hydrogen) atoms. The molecule has 4 bridgehead atoms. The maximum absolute atomic E-state index is 13.0. The Labute approximate surface area is 128 Å². The van der Waals surface area contributed by atoms with E-state index in [4.69, 9.17) is 0 Å². The highest BCUT2D eigenvalue weighted by Crippen LogP contribution is 2.56. The number of carbonyl (C=O) groups excluding carboxylic acids is 1. The van der Waals surface area contributed by atoms with Gasteiger partial charge in [0.1, 0.15) is 0 Å². The summed E-state index contributed by atoms with van der Waals surface area (Å²) >= 11 is 0. The molecule has 1 aliphatic heterocycles. The maximum Gasteiger partial charge on any atom is 0.226 e. The highest BCUT2D eigenvalue weighted by Gasteiger charge is 2.51. The van der Waals surface area contributed by atoms with Crippen LogP contribution >= 0.6 is 0 Å². The first-order chi connectivity index (χ1) is 10.2. The lowest BCUT2D eigenvalue weighted by molar-refractivity contribution is -0.148. The van der Waals surface area contributed by atoms with Crippen LogP contribution in [-0.2, 0) is 4.79 Å². The summed E-state index contributed by atoms with van der Waals surface area (Å²) < 4.78 is 0. The molecule has 1 N–H and O–H groups in total. The lowest BCUT2D eigenvalue weighted by Crippen LogP contribution is -2.53. The summed E-state index contributed by atoms with van der Waals surface area (Å²) in [5, 5.41) is 3.58. The first kappa shape index (κ1) is 14.0. The van der Waals surface area contributed by atoms with Crippen LogP contribution in [0.2, 0.25) is 0 Å². The van der Waals surface area contributed by atoms with Crippen molar-refractivity contribution in [1.29, 1.82) is 0 Å². The van der Waals surface area contributed by atoms with Gasteiger partial charge in [0.2, 0.25) is 5.91 Å². The van der Waals surface area contributed by atoms with Crippen LogP contribution in [0.15, 0.2) is 0 Å². The van der Waals surface area contributed by atoms with Crippen LogP contribution in [0.1, 0.15) is 51.4 Å². The number of likely N-dealkylation sites (N-methyl/N-ethyl adjacent to an activating group) is 1. The number of hydrogen-bond acceptors (Lipinski definition) is 2. The van der Waals surface area contributed by atoms with Gasteiger partial charge in [-0.2, -0.15) is 0 Å². The van der Waals surface area contributed by atoms with Crippen LogP contribution in [0.3, 0.4) is 0 Å². The minimum atomic E-state index is 0.367. The zero-order chi connectivity index (χ0) is 14.4. The van der Waals surface area contributed by atoms with Crippen molar-refractivity contribution in [2.75, 3.05) is 20.1 Å². The predicted molar refractivity (Wildman–Crippen MR) is 83.8 cm³/mol. The Bertz CT molecular complexity index is 374. The van der Waals surface area contributed by atoms with Crippen molar-refractivity contribution < 1.29 is 4.79 Å². The molecule has 3 nitrogen and oxygen atoms in total. The molecule has 5 fully saturated rings. The van der Waals surface area contributed by atoms with Crippen LogP contribution in [0.5, 0.6) is 0 Å². The third-order valence-electron chi connectivity index (χ3n) is 6.79. The van der Waals surface area contributed by atoms with E-state index in [2.05, 4.69) is 10.2 Å². The number of nitrogens with zero attached hydrogens (tertiary/aromatic N) is 1. The van der Waals surface area contributed by atoms with Crippen molar-refractivity contribution in [2.45, 2.75) is 57.4 Å². The topological polar surface area (TPSA) is 32.3 Å². The van der Waals surface area contributed by atoms with Crippen LogP contribution in [-0.4, -0.2) is 37.0 Å². The summed E-state index contributed by atoms with van der Waals surface area (Å²) in [5.74, 6) is 4.19. The number of nitrogens with one attached hydrogen (secondary N) is 1. The zero-order valence-corrected chi connectivity index (χ0v) is 13.4. The minimum absolute atomic E-state index is 0.367. The van der Waals surface area contributed by atoms with E-state index in [1.807, 2.05) is 7.05 Å². The summed E-state index contributed by atoms with van der Waals surface area (Å²) in [7, 11) is 2.05. The van der Waals surface area contributed by atoms with E-state index < -0.39 is 0 Å². The number of piperidine rings is 1. The van der Waals surface area contributed by atoms with Gasteiger partial charge in [0.25, 0.3) is 0 Å². The molecule has 0 radical (unpaired) electrons. The first-order valence-corrected chi connectivity index (χ1v) is 9.19. The van der Waals surface area contributed by atoms with Crippen molar-refractivity contribution in [3.8, 4) is 0 Å². The second-order valence-corrected chi connectivity index (χ2v) is 8.32. The van der Waals surface area contributed by atoms with Gasteiger partial charge in [-0.25, -0.2) is 0 Å². The molecule has 4 saturated carbocycles. The van der Waals surface area contributed by atoms with Gasteiger partial charge >= 0.3 is 0 Å². The van der Waals surface area contributed by atoms with Crippen molar-refractivity contribution in [3.05, 3.63) is 0 Å². The Balaban J connectivity index is 1.40. The largest absolute Gasteiger partial charge is 0.344 e. The fraction of sp³-hybridized carbons (Fsp3) is 0.944. The van der Waals surface area contributed by atoms with Gasteiger partial charge < -0.3 is 10.2 Å². The first-order valence-electron chi connectivity index (χ1n) is 9.19. The monoisotopic (exact) mass is 290 g/mol. The molecule has 1 saturated heterocycles. The van der Waals surface area contributed by atoms with Crippen molar-refractivity contribution >= 4 is 5.91 Å². The lowest BCUT2D eigenvalue weighted by Gasteiger charge is -2.54. The highest BCUT2D eigenvalue weighted by atomic mass is 16.2. The summed E-state index contributed by atoms with van der Waals surface area (Å²) in [4.78, 5) is 15.1. The second kappa shape index (κ2) is 5.57. The number of carbonyl (C=O) groups is 1. The molecule has 1 heterocycles. The van der Waals surface area contributed by atoms with Gasteiger partial charge in [-0.05, 0) is 75.2 Å². The Morgan fingerprint density at radius 3 is 2.29 bits per heavy atom. The van der Waals surface area contributed by atoms with E-state index in [1.165, 1.54) is 51.4 Å². The molecule has 1 unspecified atom stereocenters. The molecule has 1 amide bonds. The lowest BCUT2D eigenvalue weighted by atomic mass is 9.51. The molecule has 4 aliphatic carbocycles. The van der Waals surface area contributed by atoms with Gasteiger partial charge in [0.15, 0.2) is 0 Å². The van der Waals surface area contributed by atoms with Crippen LogP contribution in [0.4, 0.5) is 0 Å². The van der Waals surface area contributed by atoms with Gasteiger partial charge in [0, 0.05) is 25.6 Å². The van der Waals surface area contributed by atoms with E-state index in [1.54, 1.807) is 0 Å². The van der Waals surface area contributed by atoms with Gasteiger partial charge in [-0.15, -0.1) is 0 Å². The third-order valence-corrected chi connectivity index (χ3v) is 6.79. The van der Waals surface area contributed by atoms with Crippen molar-refractivity contribution in [2.24, 2.45) is 29.6 Å². The molecule has 1 atom stereocenters. The number of hydrogen-bond donors (Lipinski definition) is 1.